The number of unbranched alkanes of at least 4 members (excludes halogenated alkanes) is 8. The summed E-state index contributed by atoms with van der Waals surface area (Å²) < 4.78 is 63.2. The van der Waals surface area contributed by atoms with Gasteiger partial charge in [0.2, 0.25) is 0 Å². The van der Waals surface area contributed by atoms with E-state index in [4.69, 9.17) is 28.4 Å². The first-order valence-corrected chi connectivity index (χ1v) is 22.9. The number of benzene rings is 6. The molecule has 68 heavy (non-hydrogen) atoms. The zero-order chi connectivity index (χ0) is 48.1. The number of halogens is 2. The molecule has 12 heteroatoms. The fourth-order valence-corrected chi connectivity index (χ4v) is 6.87. The van der Waals surface area contributed by atoms with Gasteiger partial charge in [0.1, 0.15) is 46.1 Å². The van der Waals surface area contributed by atoms with Gasteiger partial charge in [-0.3, -0.25) is 0 Å². The van der Waals surface area contributed by atoms with E-state index in [-0.39, 0.29) is 23.0 Å². The van der Waals surface area contributed by atoms with E-state index in [2.05, 4.69) is 13.8 Å². The van der Waals surface area contributed by atoms with E-state index in [1.807, 2.05) is 24.3 Å². The van der Waals surface area contributed by atoms with Gasteiger partial charge < -0.3 is 28.4 Å². The number of hydrogen-bond acceptors (Lipinski definition) is 10. The van der Waals surface area contributed by atoms with Crippen molar-refractivity contribution in [2.24, 2.45) is 0 Å². The molecule has 0 aromatic heterocycles. The Balaban J connectivity index is 0.968. The molecule has 10 nitrogen and oxygen atoms in total. The summed E-state index contributed by atoms with van der Waals surface area (Å²) in [4.78, 5) is 51.0. The molecule has 0 bridgehead atoms. The van der Waals surface area contributed by atoms with Gasteiger partial charge in [-0.25, -0.2) is 28.0 Å². The third-order valence-electron chi connectivity index (χ3n) is 10.6. The minimum Gasteiger partial charge on any atom is -0.494 e. The van der Waals surface area contributed by atoms with Crippen LogP contribution in [0.5, 0.6) is 34.5 Å². The first kappa shape index (κ1) is 49.8. The lowest BCUT2D eigenvalue weighted by molar-refractivity contribution is -0.129. The average molecular weight is 925 g/mol. The molecule has 6 aromatic carbocycles. The third-order valence-corrected chi connectivity index (χ3v) is 10.6. The van der Waals surface area contributed by atoms with Crippen LogP contribution in [0.1, 0.15) is 110 Å². The minimum absolute atomic E-state index is 0.0605. The van der Waals surface area contributed by atoms with Crippen LogP contribution in [0, 0.1) is 11.6 Å². The molecule has 0 atom stereocenters. The summed E-state index contributed by atoms with van der Waals surface area (Å²) in [5.74, 6) is -4.07. The van der Waals surface area contributed by atoms with Crippen molar-refractivity contribution in [3.05, 3.63) is 167 Å². The van der Waals surface area contributed by atoms with E-state index < -0.39 is 46.6 Å². The van der Waals surface area contributed by atoms with Crippen LogP contribution in [0.25, 0.3) is 22.9 Å². The maximum Gasteiger partial charge on any atom is 0.346 e. The maximum absolute atomic E-state index is 15.1. The highest BCUT2D eigenvalue weighted by Gasteiger charge is 2.19. The van der Waals surface area contributed by atoms with Crippen LogP contribution in [0.4, 0.5) is 8.78 Å². The summed E-state index contributed by atoms with van der Waals surface area (Å²) in [6.45, 7) is 5.64. The molecule has 0 aliphatic rings. The van der Waals surface area contributed by atoms with E-state index >= 15 is 8.78 Å². The van der Waals surface area contributed by atoms with E-state index in [9.17, 15) is 19.2 Å². The molecule has 0 unspecified atom stereocenters. The standard InChI is InChI=1S/C56H54F2O10/c1-3-5-7-9-11-33-63-43-21-13-39(14-22-43)17-31-53(59)65-47-27-29-49(51(57)37-47)55(61)67-45-25-19-41-20-26-46(36-42(41)35-45)68-56(62)50-30-28-48(38-52(50)58)66-54(60)32-18-40-15-23-44(24-16-40)64-34-12-10-8-6-4-2/h13-32,35-38H,3-12,33-34H2,1-2H3/b31-17+,32-18+. The molecule has 6 rings (SSSR count). The van der Waals surface area contributed by atoms with E-state index in [0.29, 0.717) is 24.0 Å². The fraction of sp³-hybridized carbons (Fsp3) is 0.250. The number of carbonyl (C=O) groups excluding carboxylic acids is 4. The number of ether oxygens (including phenoxy) is 6. The molecular formula is C56H54F2O10. The molecule has 0 amide bonds. The van der Waals surface area contributed by atoms with Crippen molar-refractivity contribution in [1.82, 2.24) is 0 Å². The minimum atomic E-state index is -1.01. The number of hydrogen-bond donors (Lipinski definition) is 0. The van der Waals surface area contributed by atoms with Gasteiger partial charge in [-0.1, -0.05) is 102 Å². The van der Waals surface area contributed by atoms with Crippen LogP contribution in [0.2, 0.25) is 0 Å². The Morgan fingerprint density at radius 2 is 0.779 bits per heavy atom. The molecule has 0 N–H and O–H groups in total. The zero-order valence-electron chi connectivity index (χ0n) is 38.2. The Labute approximate surface area is 395 Å². The van der Waals surface area contributed by atoms with E-state index in [1.165, 1.54) is 87.1 Å². The van der Waals surface area contributed by atoms with Gasteiger partial charge in [-0.2, -0.15) is 0 Å². The molecule has 0 aliphatic carbocycles. The van der Waals surface area contributed by atoms with Gasteiger partial charge in [0.25, 0.3) is 0 Å². The summed E-state index contributed by atoms with van der Waals surface area (Å²) in [6.07, 6.45) is 17.0. The Kier molecular flexibility index (Phi) is 19.0. The van der Waals surface area contributed by atoms with Crippen molar-refractivity contribution in [1.29, 1.82) is 0 Å². The highest BCUT2D eigenvalue weighted by molar-refractivity contribution is 5.95. The van der Waals surface area contributed by atoms with Crippen molar-refractivity contribution >= 4 is 46.8 Å². The smallest absolute Gasteiger partial charge is 0.346 e. The van der Waals surface area contributed by atoms with Gasteiger partial charge in [-0.15, -0.1) is 0 Å². The topological polar surface area (TPSA) is 124 Å². The van der Waals surface area contributed by atoms with Crippen LogP contribution < -0.4 is 28.4 Å². The molecule has 6 aromatic rings. The Morgan fingerprint density at radius 1 is 0.412 bits per heavy atom. The lowest BCUT2D eigenvalue weighted by atomic mass is 10.1. The number of rotatable bonds is 24. The lowest BCUT2D eigenvalue weighted by Gasteiger charge is -2.10. The lowest BCUT2D eigenvalue weighted by Crippen LogP contribution is -2.12. The first-order chi connectivity index (χ1) is 33.1. The molecule has 0 saturated carbocycles. The van der Waals surface area contributed by atoms with Crippen LogP contribution in [-0.4, -0.2) is 37.1 Å². The number of fused-ring (bicyclic) bond motifs is 1. The van der Waals surface area contributed by atoms with Crippen LogP contribution in [-0.2, 0) is 9.59 Å². The summed E-state index contributed by atoms with van der Waals surface area (Å²) in [6, 6.07) is 30.4. The van der Waals surface area contributed by atoms with Crippen molar-refractivity contribution in [2.75, 3.05) is 13.2 Å². The molecule has 352 valence electrons. The SMILES string of the molecule is CCCCCCCOc1ccc(/C=C/C(=O)Oc2ccc(C(=O)Oc3ccc4ccc(OC(=O)c5ccc(OC(=O)/C=C/c6ccc(OCCCCCCC)cc6)cc5F)cc4c3)c(F)c2)cc1. The molecule has 0 heterocycles. The van der Waals surface area contributed by atoms with Gasteiger partial charge >= 0.3 is 23.9 Å². The average Bonchev–Trinajstić information content (AvgIpc) is 3.33. The van der Waals surface area contributed by atoms with Crippen LogP contribution >= 0.6 is 0 Å². The van der Waals surface area contributed by atoms with E-state index in [1.54, 1.807) is 48.6 Å². The zero-order valence-corrected chi connectivity index (χ0v) is 38.2. The molecular weight excluding hydrogens is 871 g/mol. The predicted molar refractivity (Wildman–Crippen MR) is 257 cm³/mol. The van der Waals surface area contributed by atoms with Crippen molar-refractivity contribution in [3.8, 4) is 34.5 Å². The number of carbonyl (C=O) groups is 4. The first-order valence-electron chi connectivity index (χ1n) is 22.9. The second-order valence-corrected chi connectivity index (χ2v) is 15.9. The molecule has 0 fully saturated rings. The third kappa shape index (κ3) is 15.8. The summed E-state index contributed by atoms with van der Waals surface area (Å²) in [5.41, 5.74) is 0.675. The van der Waals surface area contributed by atoms with Crippen molar-refractivity contribution in [2.45, 2.75) is 78.1 Å². The highest BCUT2D eigenvalue weighted by Crippen LogP contribution is 2.28. The second kappa shape index (κ2) is 25.9. The number of esters is 4. The highest BCUT2D eigenvalue weighted by atomic mass is 19.1. The fourth-order valence-electron chi connectivity index (χ4n) is 6.87. The summed E-state index contributed by atoms with van der Waals surface area (Å²) in [7, 11) is 0. The second-order valence-electron chi connectivity index (χ2n) is 15.9. The van der Waals surface area contributed by atoms with Gasteiger partial charge in [0.05, 0.1) is 24.3 Å². The van der Waals surface area contributed by atoms with Gasteiger partial charge in [-0.05, 0) is 120 Å². The van der Waals surface area contributed by atoms with Crippen molar-refractivity contribution < 1.29 is 56.4 Å². The Hall–Kier alpha value is -7.60. The Bertz CT molecular complexity index is 2530. The van der Waals surface area contributed by atoms with Crippen LogP contribution in [0.3, 0.4) is 0 Å². The molecule has 0 radical (unpaired) electrons. The molecule has 0 aliphatic heterocycles. The largest absolute Gasteiger partial charge is 0.494 e. The van der Waals surface area contributed by atoms with Crippen molar-refractivity contribution in [3.63, 3.8) is 0 Å². The predicted octanol–water partition coefficient (Wildman–Crippen LogP) is 13.5. The summed E-state index contributed by atoms with van der Waals surface area (Å²) in [5, 5.41) is 1.17. The monoisotopic (exact) mass is 924 g/mol. The quantitative estimate of drug-likeness (QED) is 0.0251. The van der Waals surface area contributed by atoms with Crippen LogP contribution in [0.15, 0.2) is 133 Å². The Morgan fingerprint density at radius 3 is 1.18 bits per heavy atom. The molecule has 0 spiro atoms. The van der Waals surface area contributed by atoms with Gasteiger partial charge in [0, 0.05) is 24.3 Å². The van der Waals surface area contributed by atoms with Gasteiger partial charge in [0.15, 0.2) is 0 Å². The molecule has 0 saturated heterocycles. The van der Waals surface area contributed by atoms with E-state index in [0.717, 1.165) is 72.6 Å². The summed E-state index contributed by atoms with van der Waals surface area (Å²) >= 11 is 0. The maximum atomic E-state index is 15.1. The normalized spacial score (nSPS) is 11.2.